The molecule has 0 fully saturated rings. The number of carbonyl (C=O) groups is 2. The van der Waals surface area contributed by atoms with Gasteiger partial charge in [-0.3, -0.25) is 9.59 Å². The lowest BCUT2D eigenvalue weighted by molar-refractivity contribution is -0.132. The smallest absolute Gasteiger partial charge is 0.234 e. The second-order valence-electron chi connectivity index (χ2n) is 8.71. The minimum Gasteiger partial charge on any atom is -0.411 e. The molecule has 6 heteroatoms. The maximum atomic E-state index is 14.0. The molecule has 1 aliphatic heterocycles. The van der Waals surface area contributed by atoms with Gasteiger partial charge in [0.1, 0.15) is 5.41 Å². The van der Waals surface area contributed by atoms with E-state index in [9.17, 15) is 14.8 Å². The third kappa shape index (κ3) is 1.81. The van der Waals surface area contributed by atoms with Crippen LogP contribution in [0.2, 0.25) is 0 Å². The first-order chi connectivity index (χ1) is 13.1. The van der Waals surface area contributed by atoms with Crippen molar-refractivity contribution < 1.29 is 14.8 Å². The van der Waals surface area contributed by atoms with Gasteiger partial charge in [0, 0.05) is 29.1 Å². The van der Waals surface area contributed by atoms with E-state index in [0.717, 1.165) is 11.3 Å². The number of oxime groups is 1. The number of anilines is 1. The van der Waals surface area contributed by atoms with Crippen molar-refractivity contribution in [3.63, 3.8) is 0 Å². The molecule has 0 saturated carbocycles. The minimum atomic E-state index is -1.36. The Bertz CT molecular complexity index is 995. The molecule has 1 heterocycles. The number of hydrogen-bond acceptors (Lipinski definition) is 4. The van der Waals surface area contributed by atoms with Crippen molar-refractivity contribution in [3.05, 3.63) is 53.1 Å². The highest BCUT2D eigenvalue weighted by molar-refractivity contribution is 6.33. The molecule has 5 nitrogen and oxygen atoms in total. The van der Waals surface area contributed by atoms with Crippen LogP contribution >= 0.6 is 11.6 Å². The zero-order chi connectivity index (χ0) is 20.6. The first-order valence-corrected chi connectivity index (χ1v) is 9.62. The SMILES string of the molecule is C=C[C@]1(C)C(Cl)=C[C@H]2C(=O)[C@]1(/C=N/O)c1cccc3c1[C@@H](C(=O)N3C)C2(C)C. The Morgan fingerprint density at radius 3 is 2.57 bits per heavy atom. The number of rotatable bonds is 2. The van der Waals surface area contributed by atoms with E-state index < -0.39 is 28.1 Å². The molecule has 0 saturated heterocycles. The number of carbonyl (C=O) groups excluding carboxylic acids is 2. The molecule has 0 radical (unpaired) electrons. The van der Waals surface area contributed by atoms with Crippen molar-refractivity contribution in [2.24, 2.45) is 21.9 Å². The monoisotopic (exact) mass is 398 g/mol. The highest BCUT2D eigenvalue weighted by Crippen LogP contribution is 2.64. The van der Waals surface area contributed by atoms with Gasteiger partial charge in [0.05, 0.1) is 12.1 Å². The van der Waals surface area contributed by atoms with Gasteiger partial charge in [-0.15, -0.1) is 11.7 Å². The molecule has 4 rings (SSSR count). The maximum absolute atomic E-state index is 14.0. The molecule has 1 N–H and O–H groups in total. The number of likely N-dealkylation sites (N-methyl/N-ethyl adjacent to an activating group) is 1. The highest BCUT2D eigenvalue weighted by atomic mass is 35.5. The van der Waals surface area contributed by atoms with Crippen LogP contribution in [0.3, 0.4) is 0 Å². The number of halogens is 1. The first kappa shape index (κ1) is 18.9. The summed E-state index contributed by atoms with van der Waals surface area (Å²) in [5, 5.41) is 13.4. The van der Waals surface area contributed by atoms with Crippen LogP contribution in [0.15, 0.2) is 47.1 Å². The van der Waals surface area contributed by atoms with E-state index in [-0.39, 0.29) is 11.7 Å². The molecule has 2 aliphatic carbocycles. The number of amides is 1. The molecule has 3 aliphatic rings. The van der Waals surface area contributed by atoms with Crippen molar-refractivity contribution >= 4 is 35.2 Å². The fourth-order valence-electron chi connectivity index (χ4n) is 5.46. The first-order valence-electron chi connectivity index (χ1n) is 9.24. The van der Waals surface area contributed by atoms with Crippen LogP contribution in [-0.4, -0.2) is 30.2 Å². The summed E-state index contributed by atoms with van der Waals surface area (Å²) >= 11 is 6.75. The van der Waals surface area contributed by atoms with Gasteiger partial charge in [-0.05, 0) is 29.5 Å². The third-order valence-electron chi connectivity index (χ3n) is 7.24. The Morgan fingerprint density at radius 1 is 1.29 bits per heavy atom. The van der Waals surface area contributed by atoms with Crippen molar-refractivity contribution in [2.45, 2.75) is 32.1 Å². The molecule has 0 unspecified atom stereocenters. The molecule has 0 aromatic heterocycles. The van der Waals surface area contributed by atoms with Crippen LogP contribution in [-0.2, 0) is 15.0 Å². The third-order valence-corrected chi connectivity index (χ3v) is 7.76. The van der Waals surface area contributed by atoms with Crippen molar-refractivity contribution in [1.29, 1.82) is 0 Å². The zero-order valence-electron chi connectivity index (χ0n) is 16.4. The van der Waals surface area contributed by atoms with Gasteiger partial charge in [0.2, 0.25) is 5.91 Å². The van der Waals surface area contributed by atoms with Crippen LogP contribution in [0.5, 0.6) is 0 Å². The maximum Gasteiger partial charge on any atom is 0.234 e. The Morgan fingerprint density at radius 2 is 1.96 bits per heavy atom. The Kier molecular flexibility index (Phi) is 3.77. The molecule has 0 spiro atoms. The average molecular weight is 399 g/mol. The van der Waals surface area contributed by atoms with Crippen LogP contribution < -0.4 is 4.90 Å². The van der Waals surface area contributed by atoms with E-state index in [1.165, 1.54) is 6.21 Å². The summed E-state index contributed by atoms with van der Waals surface area (Å²) in [5.41, 5.74) is -0.851. The summed E-state index contributed by atoms with van der Waals surface area (Å²) in [5.74, 6) is -1.31. The predicted octanol–water partition coefficient (Wildman–Crippen LogP) is 4.00. The minimum absolute atomic E-state index is 0.0475. The number of benzene rings is 1. The number of ketones is 1. The molecule has 1 aromatic carbocycles. The molecular formula is C22H23ClN2O3. The topological polar surface area (TPSA) is 70.0 Å². The van der Waals surface area contributed by atoms with Gasteiger partial charge in [-0.2, -0.15) is 0 Å². The standard InChI is InChI=1S/C22H23ClN2O3/c1-6-21(4)15(23)10-13-18(26)22(21,11-24-28)12-8-7-9-14-16(12)17(20(13,2)3)19(27)25(14)5/h6-11,13,17,28H,1H2,2-5H3/b24-11+/t13-,17-,21+,22-/m0/s1. The quantitative estimate of drug-likeness (QED) is 0.354. The second kappa shape index (κ2) is 5.57. The lowest BCUT2D eigenvalue weighted by Crippen LogP contribution is -2.57. The average Bonchev–Trinajstić information content (AvgIpc) is 2.90. The van der Waals surface area contributed by atoms with Gasteiger partial charge in [0.25, 0.3) is 0 Å². The number of allylic oxidation sites excluding steroid dienone is 3. The summed E-state index contributed by atoms with van der Waals surface area (Å²) in [6.07, 6.45) is 4.66. The molecule has 146 valence electrons. The molecular weight excluding hydrogens is 376 g/mol. The number of nitrogens with zero attached hydrogens (tertiary/aromatic N) is 2. The van der Waals surface area contributed by atoms with Crippen LogP contribution in [0.4, 0.5) is 5.69 Å². The second-order valence-corrected chi connectivity index (χ2v) is 9.11. The van der Waals surface area contributed by atoms with Gasteiger partial charge in [0.15, 0.2) is 5.78 Å². The summed E-state index contributed by atoms with van der Waals surface area (Å²) in [6.45, 7) is 9.63. The van der Waals surface area contributed by atoms with Gasteiger partial charge in [-0.25, -0.2) is 0 Å². The van der Waals surface area contributed by atoms with E-state index in [1.54, 1.807) is 24.1 Å². The lowest BCUT2D eigenvalue weighted by atomic mass is 9.53. The number of fused-ring (bicyclic) bond motifs is 3. The molecule has 4 atom stereocenters. The van der Waals surface area contributed by atoms with Crippen molar-refractivity contribution in [1.82, 2.24) is 0 Å². The van der Waals surface area contributed by atoms with E-state index >= 15 is 0 Å². The Balaban J connectivity index is 2.26. The molecule has 1 aromatic rings. The van der Waals surface area contributed by atoms with Crippen LogP contribution in [0.1, 0.15) is 37.8 Å². The lowest BCUT2D eigenvalue weighted by Gasteiger charge is -2.49. The summed E-state index contributed by atoms with van der Waals surface area (Å²) < 4.78 is 0. The Hall–Kier alpha value is -2.40. The fraction of sp³-hybridized carbons (Fsp3) is 0.409. The summed E-state index contributed by atoms with van der Waals surface area (Å²) in [6, 6.07) is 5.55. The van der Waals surface area contributed by atoms with Crippen LogP contribution in [0, 0.1) is 16.7 Å². The number of Topliss-reactive ketones (excluding diaryl/α,β-unsaturated/α-hetero) is 1. The normalized spacial score (nSPS) is 35.6. The Labute approximate surface area is 169 Å². The van der Waals surface area contributed by atoms with E-state index in [1.807, 2.05) is 39.0 Å². The van der Waals surface area contributed by atoms with Gasteiger partial charge in [-0.1, -0.05) is 49.7 Å². The summed E-state index contributed by atoms with van der Waals surface area (Å²) in [7, 11) is 1.75. The molecule has 28 heavy (non-hydrogen) atoms. The summed E-state index contributed by atoms with van der Waals surface area (Å²) in [4.78, 5) is 29.0. The predicted molar refractivity (Wildman–Crippen MR) is 109 cm³/mol. The zero-order valence-corrected chi connectivity index (χ0v) is 17.1. The highest BCUT2D eigenvalue weighted by Gasteiger charge is 2.66. The number of hydrogen-bond donors (Lipinski definition) is 1. The molecule has 2 bridgehead atoms. The van der Waals surface area contributed by atoms with Crippen LogP contribution in [0.25, 0.3) is 0 Å². The molecule has 1 amide bonds. The van der Waals surface area contributed by atoms with Gasteiger partial charge < -0.3 is 10.1 Å². The van der Waals surface area contributed by atoms with E-state index in [4.69, 9.17) is 11.6 Å². The fourth-order valence-corrected chi connectivity index (χ4v) is 5.81. The van der Waals surface area contributed by atoms with E-state index in [0.29, 0.717) is 10.6 Å². The van der Waals surface area contributed by atoms with Gasteiger partial charge >= 0.3 is 0 Å². The largest absolute Gasteiger partial charge is 0.411 e. The van der Waals surface area contributed by atoms with Crippen molar-refractivity contribution in [3.8, 4) is 0 Å². The van der Waals surface area contributed by atoms with E-state index in [2.05, 4.69) is 11.7 Å². The van der Waals surface area contributed by atoms with Crippen molar-refractivity contribution in [2.75, 3.05) is 11.9 Å².